The van der Waals surface area contributed by atoms with Crippen molar-refractivity contribution in [1.29, 1.82) is 0 Å². The molecule has 1 aliphatic heterocycles. The van der Waals surface area contributed by atoms with Gasteiger partial charge in [0.05, 0.1) is 10.6 Å². The van der Waals surface area contributed by atoms with E-state index in [0.717, 1.165) is 25.9 Å². The highest BCUT2D eigenvalue weighted by Gasteiger charge is 2.27. The monoisotopic (exact) mass is 360 g/mol. The molecule has 0 bridgehead atoms. The summed E-state index contributed by atoms with van der Waals surface area (Å²) in [6, 6.07) is 4.59. The largest absolute Gasteiger partial charge is 0.383 e. The maximum absolute atomic E-state index is 14.6. The van der Waals surface area contributed by atoms with Crippen LogP contribution in [0.25, 0.3) is 16.9 Å². The normalized spacial score (nSPS) is 15.9. The molecule has 1 aromatic carbocycles. The number of aromatic nitrogens is 4. The van der Waals surface area contributed by atoms with Crippen molar-refractivity contribution in [2.75, 3.05) is 23.7 Å². The Morgan fingerprint density at radius 1 is 1.24 bits per heavy atom. The summed E-state index contributed by atoms with van der Waals surface area (Å²) < 4.78 is 16.2. The summed E-state index contributed by atoms with van der Waals surface area (Å²) in [5, 5.41) is 4.57. The highest BCUT2D eigenvalue weighted by molar-refractivity contribution is 6.33. The zero-order valence-electron chi connectivity index (χ0n) is 13.8. The Morgan fingerprint density at radius 2 is 2.00 bits per heavy atom. The predicted molar refractivity (Wildman–Crippen MR) is 96.2 cm³/mol. The molecule has 1 aliphatic rings. The lowest BCUT2D eigenvalue weighted by molar-refractivity contribution is 0.435. The maximum Gasteiger partial charge on any atom is 0.256 e. The molecule has 4 rings (SSSR count). The van der Waals surface area contributed by atoms with E-state index in [2.05, 4.69) is 26.9 Å². The molecule has 2 N–H and O–H groups in total. The van der Waals surface area contributed by atoms with Crippen molar-refractivity contribution in [3.8, 4) is 11.1 Å². The highest BCUT2D eigenvalue weighted by atomic mass is 35.5. The van der Waals surface area contributed by atoms with Crippen LogP contribution in [0.15, 0.2) is 24.5 Å². The van der Waals surface area contributed by atoms with Gasteiger partial charge in [0.15, 0.2) is 0 Å². The zero-order valence-corrected chi connectivity index (χ0v) is 14.5. The van der Waals surface area contributed by atoms with Gasteiger partial charge in [0, 0.05) is 18.7 Å². The van der Waals surface area contributed by atoms with Gasteiger partial charge in [0.1, 0.15) is 23.8 Å². The van der Waals surface area contributed by atoms with E-state index in [-0.39, 0.29) is 11.4 Å². The van der Waals surface area contributed by atoms with Crippen molar-refractivity contribution >= 4 is 29.0 Å². The minimum atomic E-state index is -0.438. The van der Waals surface area contributed by atoms with Crippen LogP contribution in [0, 0.1) is 11.7 Å². The van der Waals surface area contributed by atoms with Crippen LogP contribution >= 0.6 is 11.6 Å². The lowest BCUT2D eigenvalue weighted by Gasteiger charge is -2.33. The molecule has 0 atom stereocenters. The molecule has 0 radical (unpaired) electrons. The predicted octanol–water partition coefficient (Wildman–Crippen LogP) is 3.40. The van der Waals surface area contributed by atoms with Crippen LogP contribution in [0.5, 0.6) is 0 Å². The standard InChI is InChI=1S/C17H18ClFN6/c1-10-5-7-24(8-6-10)16-14(13-11(18)3-2-4-12(13)19)15(20)23-17-21-9-22-25(16)17/h2-4,9-10H,5-8H2,1H3,(H2,20,21,22,23). The lowest BCUT2D eigenvalue weighted by atomic mass is 9.98. The summed E-state index contributed by atoms with van der Waals surface area (Å²) in [6.45, 7) is 3.90. The number of benzene rings is 1. The van der Waals surface area contributed by atoms with E-state index in [1.54, 1.807) is 16.6 Å². The van der Waals surface area contributed by atoms with E-state index in [1.807, 2.05) is 0 Å². The van der Waals surface area contributed by atoms with Gasteiger partial charge in [-0.25, -0.2) is 4.39 Å². The molecule has 0 amide bonds. The van der Waals surface area contributed by atoms with Crippen LogP contribution in [0.4, 0.5) is 16.0 Å². The van der Waals surface area contributed by atoms with Crippen molar-refractivity contribution < 1.29 is 4.39 Å². The minimum Gasteiger partial charge on any atom is -0.383 e. The smallest absolute Gasteiger partial charge is 0.256 e. The SMILES string of the molecule is CC1CCN(c2c(-c3c(F)cccc3Cl)c(N)nc3ncnn23)CC1. The van der Waals surface area contributed by atoms with Crippen molar-refractivity contribution in [1.82, 2.24) is 19.6 Å². The number of nitrogens with two attached hydrogens (primary N) is 1. The fourth-order valence-electron chi connectivity index (χ4n) is 3.33. The molecule has 3 aromatic rings. The Morgan fingerprint density at radius 3 is 2.72 bits per heavy atom. The van der Waals surface area contributed by atoms with E-state index >= 15 is 0 Å². The summed E-state index contributed by atoms with van der Waals surface area (Å²) in [5.41, 5.74) is 6.92. The number of fused-ring (bicyclic) bond motifs is 1. The summed E-state index contributed by atoms with van der Waals surface area (Å²) >= 11 is 6.31. The molecule has 0 aliphatic carbocycles. The number of hydrogen-bond donors (Lipinski definition) is 1. The van der Waals surface area contributed by atoms with Crippen molar-refractivity contribution in [2.24, 2.45) is 5.92 Å². The van der Waals surface area contributed by atoms with Crippen LogP contribution < -0.4 is 10.6 Å². The number of anilines is 2. The third-order valence-corrected chi connectivity index (χ3v) is 5.04. The molecule has 25 heavy (non-hydrogen) atoms. The Balaban J connectivity index is 2.00. The first-order valence-corrected chi connectivity index (χ1v) is 8.62. The third-order valence-electron chi connectivity index (χ3n) is 4.73. The van der Waals surface area contributed by atoms with Crippen LogP contribution in [-0.2, 0) is 0 Å². The van der Waals surface area contributed by atoms with Crippen molar-refractivity contribution in [2.45, 2.75) is 19.8 Å². The second kappa shape index (κ2) is 6.15. The molecule has 6 nitrogen and oxygen atoms in total. The molecule has 1 fully saturated rings. The second-order valence-electron chi connectivity index (χ2n) is 6.43. The Hall–Kier alpha value is -2.41. The minimum absolute atomic E-state index is 0.195. The molecule has 2 aromatic heterocycles. The van der Waals surface area contributed by atoms with E-state index in [1.165, 1.54) is 12.4 Å². The lowest BCUT2D eigenvalue weighted by Crippen LogP contribution is -2.35. The molecule has 130 valence electrons. The van der Waals surface area contributed by atoms with Crippen molar-refractivity contribution in [3.63, 3.8) is 0 Å². The average Bonchev–Trinajstić information content (AvgIpc) is 3.03. The van der Waals surface area contributed by atoms with Gasteiger partial charge >= 0.3 is 0 Å². The van der Waals surface area contributed by atoms with Gasteiger partial charge in [0.2, 0.25) is 0 Å². The molecular weight excluding hydrogens is 343 g/mol. The topological polar surface area (TPSA) is 72.3 Å². The Kier molecular flexibility index (Phi) is 3.95. The van der Waals surface area contributed by atoms with E-state index in [4.69, 9.17) is 17.3 Å². The number of nitrogen functional groups attached to an aromatic ring is 1. The first kappa shape index (κ1) is 16.1. The highest BCUT2D eigenvalue weighted by Crippen LogP contribution is 2.41. The molecule has 3 heterocycles. The van der Waals surface area contributed by atoms with Crippen LogP contribution in [0.3, 0.4) is 0 Å². The summed E-state index contributed by atoms with van der Waals surface area (Å²) in [6.07, 6.45) is 3.51. The summed E-state index contributed by atoms with van der Waals surface area (Å²) in [7, 11) is 0. The second-order valence-corrected chi connectivity index (χ2v) is 6.84. The van der Waals surface area contributed by atoms with Gasteiger partial charge < -0.3 is 10.6 Å². The van der Waals surface area contributed by atoms with Crippen LogP contribution in [-0.4, -0.2) is 32.7 Å². The first-order valence-electron chi connectivity index (χ1n) is 8.24. The summed E-state index contributed by atoms with van der Waals surface area (Å²) in [4.78, 5) is 10.6. The van der Waals surface area contributed by atoms with Gasteiger partial charge in [-0.05, 0) is 30.9 Å². The molecule has 8 heteroatoms. The van der Waals surface area contributed by atoms with Gasteiger partial charge in [-0.3, -0.25) is 0 Å². The fraction of sp³-hybridized carbons (Fsp3) is 0.353. The van der Waals surface area contributed by atoms with Gasteiger partial charge in [0.25, 0.3) is 5.78 Å². The molecular formula is C17H18ClFN6. The summed E-state index contributed by atoms with van der Waals surface area (Å²) in [5.74, 6) is 1.50. The number of rotatable bonds is 2. The number of piperidine rings is 1. The average molecular weight is 361 g/mol. The number of hydrogen-bond acceptors (Lipinski definition) is 5. The van der Waals surface area contributed by atoms with Crippen LogP contribution in [0.2, 0.25) is 5.02 Å². The third kappa shape index (κ3) is 2.68. The fourth-order valence-corrected chi connectivity index (χ4v) is 3.59. The van der Waals surface area contributed by atoms with E-state index in [0.29, 0.717) is 28.1 Å². The van der Waals surface area contributed by atoms with Gasteiger partial charge in [-0.1, -0.05) is 24.6 Å². The van der Waals surface area contributed by atoms with E-state index < -0.39 is 5.82 Å². The molecule has 0 unspecified atom stereocenters. The number of halogens is 2. The van der Waals surface area contributed by atoms with Gasteiger partial charge in [-0.15, -0.1) is 0 Å². The molecule has 0 spiro atoms. The maximum atomic E-state index is 14.6. The number of nitrogens with zero attached hydrogens (tertiary/aromatic N) is 5. The van der Waals surface area contributed by atoms with Gasteiger partial charge in [-0.2, -0.15) is 19.6 Å². The Bertz CT molecular complexity index is 912. The first-order chi connectivity index (χ1) is 12.1. The van der Waals surface area contributed by atoms with Crippen molar-refractivity contribution in [3.05, 3.63) is 35.4 Å². The zero-order chi connectivity index (χ0) is 17.6. The quantitative estimate of drug-likeness (QED) is 0.758. The van der Waals surface area contributed by atoms with E-state index in [9.17, 15) is 4.39 Å². The molecule has 1 saturated heterocycles. The Labute approximate surface area is 149 Å². The molecule has 0 saturated carbocycles. The van der Waals surface area contributed by atoms with Crippen LogP contribution in [0.1, 0.15) is 19.8 Å².